The number of hydrogen-bond acceptors (Lipinski definition) is 2. The average Bonchev–Trinajstić information content (AvgIpc) is 2.63. The first-order chi connectivity index (χ1) is 7.11. The van der Waals surface area contributed by atoms with Crippen molar-refractivity contribution in [3.05, 3.63) is 0 Å². The number of rotatable bonds is 0. The molecule has 2 aliphatic rings. The van der Waals surface area contributed by atoms with Crippen molar-refractivity contribution in [1.29, 1.82) is 0 Å². The molecule has 2 aliphatic heterocycles. The van der Waals surface area contributed by atoms with Gasteiger partial charge in [0.2, 0.25) is 5.91 Å². The van der Waals surface area contributed by atoms with Crippen LogP contribution in [-0.2, 0) is 4.79 Å². The van der Waals surface area contributed by atoms with Crippen LogP contribution in [0.25, 0.3) is 0 Å². The third kappa shape index (κ3) is 2.49. The second-order valence-electron chi connectivity index (χ2n) is 4.14. The molecular formula is C11H20N2O2. The molecule has 2 fully saturated rings. The predicted molar refractivity (Wildman–Crippen MR) is 58.5 cm³/mol. The Morgan fingerprint density at radius 2 is 1.93 bits per heavy atom. The number of amides is 3. The van der Waals surface area contributed by atoms with Gasteiger partial charge in [0, 0.05) is 26.1 Å². The van der Waals surface area contributed by atoms with E-state index in [9.17, 15) is 9.59 Å². The summed E-state index contributed by atoms with van der Waals surface area (Å²) in [6, 6.07) is 0.0787. The van der Waals surface area contributed by atoms with Gasteiger partial charge in [0.05, 0.1) is 0 Å². The number of imide groups is 1. The van der Waals surface area contributed by atoms with Crippen LogP contribution < -0.4 is 0 Å². The fraction of sp³-hybridized carbons (Fsp3) is 0.818. The number of carbonyl (C=O) groups is 2. The molecule has 0 aromatic rings. The number of fused-ring (bicyclic) bond motifs is 1. The van der Waals surface area contributed by atoms with Crippen molar-refractivity contribution in [2.24, 2.45) is 0 Å². The Hall–Kier alpha value is -1.06. The molecular weight excluding hydrogens is 192 g/mol. The molecule has 15 heavy (non-hydrogen) atoms. The van der Waals surface area contributed by atoms with Gasteiger partial charge in [0.25, 0.3) is 0 Å². The molecule has 0 spiro atoms. The van der Waals surface area contributed by atoms with Gasteiger partial charge in [0.1, 0.15) is 0 Å². The zero-order valence-corrected chi connectivity index (χ0v) is 9.82. The molecule has 86 valence electrons. The number of nitrogens with zero attached hydrogens (tertiary/aromatic N) is 2. The van der Waals surface area contributed by atoms with Crippen LogP contribution in [0.15, 0.2) is 0 Å². The van der Waals surface area contributed by atoms with E-state index >= 15 is 0 Å². The Morgan fingerprint density at radius 3 is 2.53 bits per heavy atom. The quantitative estimate of drug-likeness (QED) is 0.615. The summed E-state index contributed by atoms with van der Waals surface area (Å²) in [4.78, 5) is 25.7. The zero-order chi connectivity index (χ0) is 11.4. The highest BCUT2D eigenvalue weighted by Crippen LogP contribution is 2.25. The van der Waals surface area contributed by atoms with Crippen LogP contribution in [0, 0.1) is 0 Å². The minimum absolute atomic E-state index is 0.0387. The Morgan fingerprint density at radius 1 is 1.33 bits per heavy atom. The molecule has 0 unspecified atom stereocenters. The lowest BCUT2D eigenvalue weighted by atomic mass is 10.1. The van der Waals surface area contributed by atoms with E-state index in [2.05, 4.69) is 13.8 Å². The Bertz CT molecular complexity index is 253. The van der Waals surface area contributed by atoms with Gasteiger partial charge < -0.3 is 4.90 Å². The van der Waals surface area contributed by atoms with Crippen molar-refractivity contribution in [3.63, 3.8) is 0 Å². The normalized spacial score (nSPS) is 24.9. The van der Waals surface area contributed by atoms with E-state index in [1.54, 1.807) is 11.9 Å². The summed E-state index contributed by atoms with van der Waals surface area (Å²) in [7, 11) is 1.55. The molecule has 0 aliphatic carbocycles. The first-order valence-corrected chi connectivity index (χ1v) is 5.68. The summed E-state index contributed by atoms with van der Waals surface area (Å²) in [6.07, 6.45) is 3.80. The highest BCUT2D eigenvalue weighted by molar-refractivity contribution is 5.97. The van der Waals surface area contributed by atoms with E-state index in [1.165, 1.54) is 11.3 Å². The fourth-order valence-electron chi connectivity index (χ4n) is 1.94. The van der Waals surface area contributed by atoms with E-state index in [0.717, 1.165) is 19.4 Å². The minimum atomic E-state index is -0.117. The van der Waals surface area contributed by atoms with Gasteiger partial charge in [-0.3, -0.25) is 9.69 Å². The standard InChI is InChI=1S/C8H12N2O2.C3H8/c1-9-7(11)5-6-3-2-4-10(6)8(9)12;1-3-2/h6H,2-5H2,1H3;3H2,1-2H3/t6-;/m1./s1. The molecule has 0 bridgehead atoms. The summed E-state index contributed by atoms with van der Waals surface area (Å²) in [5.41, 5.74) is 0. The van der Waals surface area contributed by atoms with Crippen molar-refractivity contribution in [2.75, 3.05) is 13.6 Å². The maximum atomic E-state index is 11.4. The maximum Gasteiger partial charge on any atom is 0.326 e. The molecule has 4 heteroatoms. The van der Waals surface area contributed by atoms with E-state index in [-0.39, 0.29) is 18.0 Å². The Balaban J connectivity index is 0.000000337. The van der Waals surface area contributed by atoms with Crippen LogP contribution in [0.3, 0.4) is 0 Å². The van der Waals surface area contributed by atoms with Gasteiger partial charge in [-0.1, -0.05) is 20.3 Å². The molecule has 0 radical (unpaired) electrons. The van der Waals surface area contributed by atoms with Gasteiger partial charge in [0.15, 0.2) is 0 Å². The highest BCUT2D eigenvalue weighted by atomic mass is 16.2. The predicted octanol–water partition coefficient (Wildman–Crippen LogP) is 1.85. The lowest BCUT2D eigenvalue weighted by molar-refractivity contribution is -0.130. The smallest absolute Gasteiger partial charge is 0.321 e. The largest absolute Gasteiger partial charge is 0.326 e. The second-order valence-corrected chi connectivity index (χ2v) is 4.14. The third-order valence-electron chi connectivity index (χ3n) is 2.69. The van der Waals surface area contributed by atoms with E-state index < -0.39 is 0 Å². The molecule has 2 saturated heterocycles. The molecule has 2 heterocycles. The molecule has 1 atom stereocenters. The van der Waals surface area contributed by atoms with Gasteiger partial charge in [-0.15, -0.1) is 0 Å². The summed E-state index contributed by atoms with van der Waals surface area (Å²) >= 11 is 0. The second kappa shape index (κ2) is 5.14. The molecule has 0 aromatic heterocycles. The molecule has 2 rings (SSSR count). The summed E-state index contributed by atoms with van der Waals surface area (Å²) in [5.74, 6) is -0.0387. The van der Waals surface area contributed by atoms with Crippen molar-refractivity contribution in [3.8, 4) is 0 Å². The van der Waals surface area contributed by atoms with Crippen molar-refractivity contribution < 1.29 is 9.59 Å². The summed E-state index contributed by atoms with van der Waals surface area (Å²) < 4.78 is 0. The first kappa shape index (κ1) is 12.0. The van der Waals surface area contributed by atoms with Crippen molar-refractivity contribution in [1.82, 2.24) is 9.80 Å². The minimum Gasteiger partial charge on any atom is -0.321 e. The zero-order valence-electron chi connectivity index (χ0n) is 9.82. The van der Waals surface area contributed by atoms with Crippen molar-refractivity contribution >= 4 is 11.9 Å². The lowest BCUT2D eigenvalue weighted by Gasteiger charge is -2.33. The van der Waals surface area contributed by atoms with Crippen LogP contribution in [0.2, 0.25) is 0 Å². The van der Waals surface area contributed by atoms with E-state index in [1.807, 2.05) is 0 Å². The van der Waals surface area contributed by atoms with Gasteiger partial charge in [-0.2, -0.15) is 0 Å². The lowest BCUT2D eigenvalue weighted by Crippen LogP contribution is -2.52. The van der Waals surface area contributed by atoms with Crippen LogP contribution in [0.4, 0.5) is 4.79 Å². The molecule has 0 aromatic carbocycles. The van der Waals surface area contributed by atoms with Gasteiger partial charge >= 0.3 is 6.03 Å². The monoisotopic (exact) mass is 212 g/mol. The van der Waals surface area contributed by atoms with Gasteiger partial charge in [-0.05, 0) is 12.8 Å². The highest BCUT2D eigenvalue weighted by Gasteiger charge is 2.38. The fourth-order valence-corrected chi connectivity index (χ4v) is 1.94. The Labute approximate surface area is 91.2 Å². The van der Waals surface area contributed by atoms with Crippen LogP contribution in [0.5, 0.6) is 0 Å². The number of hydrogen-bond donors (Lipinski definition) is 0. The SMILES string of the molecule is CCC.CN1C(=O)C[C@H]2CCCN2C1=O. The topological polar surface area (TPSA) is 40.6 Å². The third-order valence-corrected chi connectivity index (χ3v) is 2.69. The Kier molecular flexibility index (Phi) is 4.12. The van der Waals surface area contributed by atoms with Crippen LogP contribution in [0.1, 0.15) is 39.5 Å². The number of carbonyl (C=O) groups excluding carboxylic acids is 2. The maximum absolute atomic E-state index is 11.4. The van der Waals surface area contributed by atoms with Crippen LogP contribution >= 0.6 is 0 Å². The molecule has 0 N–H and O–H groups in total. The van der Waals surface area contributed by atoms with Gasteiger partial charge in [-0.25, -0.2) is 4.79 Å². The van der Waals surface area contributed by atoms with E-state index in [0.29, 0.717) is 6.42 Å². The summed E-state index contributed by atoms with van der Waals surface area (Å²) in [5, 5.41) is 0. The molecule has 0 saturated carbocycles. The number of urea groups is 1. The van der Waals surface area contributed by atoms with Crippen molar-refractivity contribution in [2.45, 2.75) is 45.6 Å². The van der Waals surface area contributed by atoms with Crippen LogP contribution in [-0.4, -0.2) is 41.4 Å². The first-order valence-electron chi connectivity index (χ1n) is 5.68. The summed E-state index contributed by atoms with van der Waals surface area (Å²) in [6.45, 7) is 5.07. The molecule has 3 amide bonds. The average molecular weight is 212 g/mol. The van der Waals surface area contributed by atoms with E-state index in [4.69, 9.17) is 0 Å². The molecule has 4 nitrogen and oxygen atoms in total.